The van der Waals surface area contributed by atoms with Crippen LogP contribution in [0.3, 0.4) is 0 Å². The van der Waals surface area contributed by atoms with Gasteiger partial charge in [0.05, 0.1) is 37.1 Å². The maximum atomic E-state index is 13.0. The summed E-state index contributed by atoms with van der Waals surface area (Å²) in [5.41, 5.74) is 9.29. The van der Waals surface area contributed by atoms with Gasteiger partial charge in [0.15, 0.2) is 23.4 Å². The monoisotopic (exact) mass is 456 g/mol. The van der Waals surface area contributed by atoms with E-state index in [0.29, 0.717) is 66.2 Å². The van der Waals surface area contributed by atoms with Crippen LogP contribution in [0.25, 0.3) is 0 Å². The second-order valence-electron chi connectivity index (χ2n) is 8.02. The fourth-order valence-electron chi connectivity index (χ4n) is 5.17. The van der Waals surface area contributed by atoms with Crippen molar-refractivity contribution < 1.29 is 38.1 Å². The van der Waals surface area contributed by atoms with Gasteiger partial charge in [-0.1, -0.05) is 0 Å². The Labute approximate surface area is 189 Å². The van der Waals surface area contributed by atoms with E-state index < -0.39 is 18.1 Å². The maximum Gasteiger partial charge on any atom is 0.341 e. The number of nitrogens with two attached hydrogens (primary N) is 1. The molecule has 0 amide bonds. The van der Waals surface area contributed by atoms with Gasteiger partial charge in [-0.3, -0.25) is 0 Å². The van der Waals surface area contributed by atoms with Gasteiger partial charge in [-0.15, -0.1) is 5.06 Å². The molecule has 6 rings (SSSR count). The number of ether oxygens (including phenoxy) is 6. The second kappa shape index (κ2) is 7.24. The van der Waals surface area contributed by atoms with Crippen molar-refractivity contribution >= 4 is 11.7 Å². The minimum absolute atomic E-state index is 0.124. The highest BCUT2D eigenvalue weighted by atomic mass is 16.7. The van der Waals surface area contributed by atoms with Crippen molar-refractivity contribution in [1.82, 2.24) is 5.06 Å². The SMILES string of the molecule is CCOc1c(N)c2c3c(c1OCC)ON1CCc4cc5c(c(OC)c4C1C3OC2=O)OCO5. The number of hydrogen-bond acceptors (Lipinski definition) is 10. The Morgan fingerprint density at radius 3 is 2.64 bits per heavy atom. The van der Waals surface area contributed by atoms with Crippen LogP contribution in [0.1, 0.15) is 53.0 Å². The summed E-state index contributed by atoms with van der Waals surface area (Å²) in [5.74, 6) is 2.28. The number of fused-ring (bicyclic) bond motifs is 5. The molecule has 0 saturated carbocycles. The Morgan fingerprint density at radius 1 is 1.09 bits per heavy atom. The van der Waals surface area contributed by atoms with E-state index in [1.807, 2.05) is 19.9 Å². The lowest BCUT2D eigenvalue weighted by Crippen LogP contribution is -2.44. The van der Waals surface area contributed by atoms with E-state index in [9.17, 15) is 4.79 Å². The van der Waals surface area contributed by atoms with Gasteiger partial charge in [0.2, 0.25) is 24.0 Å². The van der Waals surface area contributed by atoms with Crippen molar-refractivity contribution in [3.05, 3.63) is 28.3 Å². The van der Waals surface area contributed by atoms with Gasteiger partial charge in [-0.2, -0.15) is 0 Å². The van der Waals surface area contributed by atoms with E-state index in [2.05, 4.69) is 0 Å². The molecule has 0 radical (unpaired) electrons. The van der Waals surface area contributed by atoms with Crippen molar-refractivity contribution in [2.45, 2.75) is 32.4 Å². The van der Waals surface area contributed by atoms with Crippen molar-refractivity contribution in [2.75, 3.05) is 39.4 Å². The molecular weight excluding hydrogens is 432 g/mol. The quantitative estimate of drug-likeness (QED) is 0.532. The van der Waals surface area contributed by atoms with Gasteiger partial charge in [0.1, 0.15) is 6.04 Å². The summed E-state index contributed by atoms with van der Waals surface area (Å²) < 4.78 is 34.6. The standard InChI is InChI=1S/C23H24N2O8/c1-4-28-21-15(24)13-14-18(32-23(13)26)16-12-10(8-11-17(19(12)27-3)31-9-30-11)6-7-25(16)33-20(14)22(21)29-5-2/h8,16,18H,4-7,9,24H2,1-3H3. The first-order chi connectivity index (χ1) is 16.1. The van der Waals surface area contributed by atoms with Crippen LogP contribution in [-0.2, 0) is 11.2 Å². The molecule has 2 N–H and O–H groups in total. The van der Waals surface area contributed by atoms with Crippen molar-refractivity contribution in [2.24, 2.45) is 0 Å². The van der Waals surface area contributed by atoms with Crippen molar-refractivity contribution in [1.29, 1.82) is 0 Å². The second-order valence-corrected chi connectivity index (χ2v) is 8.02. The number of carbonyl (C=O) groups is 1. The zero-order valence-electron chi connectivity index (χ0n) is 18.6. The maximum absolute atomic E-state index is 13.0. The van der Waals surface area contributed by atoms with Gasteiger partial charge in [-0.25, -0.2) is 4.79 Å². The number of benzene rings is 2. The van der Waals surface area contributed by atoms with Crippen LogP contribution in [-0.4, -0.2) is 44.7 Å². The molecule has 33 heavy (non-hydrogen) atoms. The average Bonchev–Trinajstić information content (AvgIpc) is 3.42. The summed E-state index contributed by atoms with van der Waals surface area (Å²) in [4.78, 5) is 19.4. The Balaban J connectivity index is 1.58. The normalized spacial score (nSPS) is 21.5. The number of nitrogen functional groups attached to an aromatic ring is 1. The first kappa shape index (κ1) is 20.1. The molecule has 0 aliphatic carbocycles. The summed E-state index contributed by atoms with van der Waals surface area (Å²) >= 11 is 0. The fraction of sp³-hybridized carbons (Fsp3) is 0.435. The predicted octanol–water partition coefficient (Wildman–Crippen LogP) is 2.92. The molecule has 2 atom stereocenters. The van der Waals surface area contributed by atoms with Gasteiger partial charge in [-0.05, 0) is 31.9 Å². The number of hydroxylamine groups is 2. The molecule has 10 heteroatoms. The molecule has 0 bridgehead atoms. The third-order valence-electron chi connectivity index (χ3n) is 6.39. The lowest BCUT2D eigenvalue weighted by atomic mass is 9.84. The zero-order valence-corrected chi connectivity index (χ0v) is 18.6. The topological polar surface area (TPSA) is 111 Å². The van der Waals surface area contributed by atoms with Gasteiger partial charge < -0.3 is 39.0 Å². The Bertz CT molecular complexity index is 1180. The molecule has 2 aromatic carbocycles. The third-order valence-corrected chi connectivity index (χ3v) is 6.39. The molecule has 4 aliphatic heterocycles. The van der Waals surface area contributed by atoms with Gasteiger partial charge >= 0.3 is 5.97 Å². The van der Waals surface area contributed by atoms with Crippen LogP contribution in [0, 0.1) is 0 Å². The van der Waals surface area contributed by atoms with Gasteiger partial charge in [0, 0.05) is 12.1 Å². The molecule has 2 aromatic rings. The van der Waals surface area contributed by atoms with E-state index in [-0.39, 0.29) is 18.0 Å². The molecule has 10 nitrogen and oxygen atoms in total. The number of methoxy groups -OCH3 is 1. The summed E-state index contributed by atoms with van der Waals surface area (Å²) in [5, 5.41) is 1.80. The molecule has 0 aromatic heterocycles. The largest absolute Gasteiger partial charge is 0.492 e. The number of esters is 1. The molecular formula is C23H24N2O8. The van der Waals surface area contributed by atoms with Crippen LogP contribution >= 0.6 is 0 Å². The Morgan fingerprint density at radius 2 is 1.88 bits per heavy atom. The third kappa shape index (κ3) is 2.61. The number of hydrogen-bond donors (Lipinski definition) is 1. The van der Waals surface area contributed by atoms with Crippen LogP contribution < -0.4 is 34.3 Å². The van der Waals surface area contributed by atoms with Crippen LogP contribution in [0.4, 0.5) is 5.69 Å². The minimum Gasteiger partial charge on any atom is -0.492 e. The molecule has 0 saturated heterocycles. The average molecular weight is 456 g/mol. The summed E-state index contributed by atoms with van der Waals surface area (Å²) in [7, 11) is 1.58. The minimum atomic E-state index is -0.665. The van der Waals surface area contributed by atoms with Crippen molar-refractivity contribution in [3.63, 3.8) is 0 Å². The molecule has 4 heterocycles. The Kier molecular flexibility index (Phi) is 4.41. The lowest BCUT2D eigenvalue weighted by Gasteiger charge is -2.43. The number of carbonyl (C=O) groups excluding carboxylic acids is 1. The Hall–Kier alpha value is -3.53. The first-order valence-electron chi connectivity index (χ1n) is 11.0. The lowest BCUT2D eigenvalue weighted by molar-refractivity contribution is -0.155. The molecule has 4 aliphatic rings. The molecule has 0 fully saturated rings. The van der Waals surface area contributed by atoms with Crippen LogP contribution in [0.15, 0.2) is 6.07 Å². The zero-order chi connectivity index (χ0) is 22.9. The predicted molar refractivity (Wildman–Crippen MR) is 114 cm³/mol. The van der Waals surface area contributed by atoms with Crippen LogP contribution in [0.5, 0.6) is 34.5 Å². The van der Waals surface area contributed by atoms with E-state index in [1.165, 1.54) is 0 Å². The van der Waals surface area contributed by atoms with E-state index in [1.54, 1.807) is 12.2 Å². The van der Waals surface area contributed by atoms with Crippen molar-refractivity contribution in [3.8, 4) is 34.5 Å². The van der Waals surface area contributed by atoms with E-state index in [0.717, 1.165) is 11.1 Å². The smallest absolute Gasteiger partial charge is 0.341 e. The van der Waals surface area contributed by atoms with Gasteiger partial charge in [0.25, 0.3) is 0 Å². The fourth-order valence-corrected chi connectivity index (χ4v) is 5.17. The highest BCUT2D eigenvalue weighted by Crippen LogP contribution is 2.62. The number of rotatable bonds is 5. The molecule has 2 unspecified atom stereocenters. The van der Waals surface area contributed by atoms with Crippen LogP contribution in [0.2, 0.25) is 0 Å². The summed E-state index contributed by atoms with van der Waals surface area (Å²) in [6.07, 6.45) is 0.0145. The first-order valence-corrected chi connectivity index (χ1v) is 11.0. The van der Waals surface area contributed by atoms with E-state index >= 15 is 0 Å². The molecule has 0 spiro atoms. The number of anilines is 1. The highest BCUT2D eigenvalue weighted by molar-refractivity contribution is 6.03. The highest BCUT2D eigenvalue weighted by Gasteiger charge is 2.53. The van der Waals surface area contributed by atoms with E-state index in [4.69, 9.17) is 39.0 Å². The molecule has 174 valence electrons. The number of nitrogens with zero attached hydrogens (tertiary/aromatic N) is 1. The summed E-state index contributed by atoms with van der Waals surface area (Å²) in [6.45, 7) is 5.11. The summed E-state index contributed by atoms with van der Waals surface area (Å²) in [6, 6.07) is 1.51.